The van der Waals surface area contributed by atoms with Crippen LogP contribution >= 0.6 is 0 Å². The minimum Gasteiger partial charge on any atom is -0.480 e. The van der Waals surface area contributed by atoms with Crippen molar-refractivity contribution in [3.63, 3.8) is 0 Å². The van der Waals surface area contributed by atoms with Gasteiger partial charge in [-0.3, -0.25) is 9.69 Å². The van der Waals surface area contributed by atoms with Crippen LogP contribution in [0.4, 0.5) is 0 Å². The molecule has 0 spiro atoms. The van der Waals surface area contributed by atoms with Gasteiger partial charge in [-0.25, -0.2) is 8.42 Å². The minimum atomic E-state index is -2.96. The van der Waals surface area contributed by atoms with Gasteiger partial charge in [0.1, 0.15) is 0 Å². The molecule has 1 aliphatic heterocycles. The lowest BCUT2D eigenvalue weighted by atomic mass is 10.2. The molecule has 1 heterocycles. The van der Waals surface area contributed by atoms with E-state index in [1.54, 1.807) is 4.90 Å². The third kappa shape index (κ3) is 5.01. The monoisotopic (exact) mass is 264 g/mol. The molecule has 0 radical (unpaired) electrons. The maximum Gasteiger partial charge on any atom is 0.317 e. The van der Waals surface area contributed by atoms with Gasteiger partial charge in [0.25, 0.3) is 0 Å². The molecule has 17 heavy (non-hydrogen) atoms. The van der Waals surface area contributed by atoms with E-state index in [4.69, 9.17) is 5.11 Å². The van der Waals surface area contributed by atoms with Crippen molar-refractivity contribution >= 4 is 15.8 Å². The van der Waals surface area contributed by atoms with E-state index in [9.17, 15) is 13.2 Å². The van der Waals surface area contributed by atoms with Gasteiger partial charge in [0.05, 0.1) is 18.1 Å². The zero-order valence-corrected chi connectivity index (χ0v) is 11.1. The van der Waals surface area contributed by atoms with E-state index in [2.05, 4.69) is 0 Å². The third-order valence-corrected chi connectivity index (χ3v) is 4.65. The van der Waals surface area contributed by atoms with Crippen LogP contribution in [0.5, 0.6) is 0 Å². The van der Waals surface area contributed by atoms with Crippen molar-refractivity contribution in [2.75, 3.05) is 45.2 Å². The molecule has 1 saturated heterocycles. The fraction of sp³-hybridized carbons (Fsp3) is 0.900. The van der Waals surface area contributed by atoms with E-state index in [1.807, 2.05) is 19.0 Å². The number of hydrogen-bond donors (Lipinski definition) is 1. The Hall–Kier alpha value is -0.660. The summed E-state index contributed by atoms with van der Waals surface area (Å²) in [5.41, 5.74) is 0. The molecule has 6 nitrogen and oxygen atoms in total. The molecule has 1 fully saturated rings. The molecule has 7 heteroatoms. The standard InChI is InChI=1S/C10H20N2O4S/c1-11(2)4-5-12(7-10(13)14)9-3-6-17(15,16)8-9/h9H,3-8H2,1-2H3,(H,13,14). The number of sulfone groups is 1. The third-order valence-electron chi connectivity index (χ3n) is 2.90. The van der Waals surface area contributed by atoms with E-state index < -0.39 is 15.8 Å². The van der Waals surface area contributed by atoms with Crippen LogP contribution in [0, 0.1) is 0 Å². The average molecular weight is 264 g/mol. The normalized spacial score (nSPS) is 23.4. The van der Waals surface area contributed by atoms with E-state index in [-0.39, 0.29) is 24.1 Å². The molecule has 0 amide bonds. The first-order valence-corrected chi connectivity index (χ1v) is 7.43. The highest BCUT2D eigenvalue weighted by Gasteiger charge is 2.32. The van der Waals surface area contributed by atoms with E-state index in [1.165, 1.54) is 0 Å². The molecule has 1 rings (SSSR count). The van der Waals surface area contributed by atoms with Gasteiger partial charge in [-0.05, 0) is 20.5 Å². The lowest BCUT2D eigenvalue weighted by Crippen LogP contribution is -2.43. The van der Waals surface area contributed by atoms with Crippen LogP contribution in [0.2, 0.25) is 0 Å². The van der Waals surface area contributed by atoms with Gasteiger partial charge in [0.2, 0.25) is 0 Å². The second-order valence-corrected chi connectivity index (χ2v) is 6.95. The molecule has 1 N–H and O–H groups in total. The van der Waals surface area contributed by atoms with E-state index >= 15 is 0 Å². The van der Waals surface area contributed by atoms with E-state index in [0.717, 1.165) is 6.54 Å². The smallest absolute Gasteiger partial charge is 0.317 e. The maximum absolute atomic E-state index is 11.4. The van der Waals surface area contributed by atoms with Crippen LogP contribution in [-0.2, 0) is 14.6 Å². The summed E-state index contributed by atoms with van der Waals surface area (Å²) in [6.07, 6.45) is 0.545. The Morgan fingerprint density at radius 3 is 2.41 bits per heavy atom. The first kappa shape index (κ1) is 14.4. The number of hydrogen-bond acceptors (Lipinski definition) is 5. The van der Waals surface area contributed by atoms with Crippen LogP contribution in [-0.4, -0.2) is 80.6 Å². The molecule has 1 atom stereocenters. The number of carboxylic acids is 1. The molecule has 0 aromatic rings. The fourth-order valence-electron chi connectivity index (χ4n) is 1.96. The first-order chi connectivity index (χ1) is 7.80. The number of carboxylic acid groups (broad SMARTS) is 1. The van der Waals surface area contributed by atoms with Crippen molar-refractivity contribution in [3.05, 3.63) is 0 Å². The second kappa shape index (κ2) is 5.79. The van der Waals surface area contributed by atoms with Gasteiger partial charge >= 0.3 is 5.97 Å². The quantitative estimate of drug-likeness (QED) is 0.671. The minimum absolute atomic E-state index is 0.0893. The Morgan fingerprint density at radius 2 is 2.00 bits per heavy atom. The number of nitrogens with zero attached hydrogens (tertiary/aromatic N) is 2. The van der Waals surface area contributed by atoms with Gasteiger partial charge < -0.3 is 10.0 Å². The number of carbonyl (C=O) groups is 1. The molecule has 1 unspecified atom stereocenters. The van der Waals surface area contributed by atoms with Crippen LogP contribution in [0.15, 0.2) is 0 Å². The Balaban J connectivity index is 2.60. The number of likely N-dealkylation sites (N-methyl/N-ethyl adjacent to an activating group) is 1. The second-order valence-electron chi connectivity index (χ2n) is 4.72. The van der Waals surface area contributed by atoms with Crippen molar-refractivity contribution in [2.24, 2.45) is 0 Å². The van der Waals surface area contributed by atoms with Gasteiger partial charge in [-0.1, -0.05) is 0 Å². The molecular weight excluding hydrogens is 244 g/mol. The molecule has 0 aromatic carbocycles. The van der Waals surface area contributed by atoms with Crippen molar-refractivity contribution in [2.45, 2.75) is 12.5 Å². The van der Waals surface area contributed by atoms with Crippen LogP contribution in [0.25, 0.3) is 0 Å². The molecule has 100 valence electrons. The van der Waals surface area contributed by atoms with Gasteiger partial charge in [-0.2, -0.15) is 0 Å². The van der Waals surface area contributed by atoms with Gasteiger partial charge in [0, 0.05) is 19.1 Å². The SMILES string of the molecule is CN(C)CCN(CC(=O)O)C1CCS(=O)(=O)C1. The Morgan fingerprint density at radius 1 is 1.35 bits per heavy atom. The lowest BCUT2D eigenvalue weighted by Gasteiger charge is -2.27. The predicted octanol–water partition coefficient (Wildman–Crippen LogP) is -0.878. The largest absolute Gasteiger partial charge is 0.480 e. The highest BCUT2D eigenvalue weighted by molar-refractivity contribution is 7.91. The van der Waals surface area contributed by atoms with Gasteiger partial charge in [-0.15, -0.1) is 0 Å². The molecule has 1 aliphatic rings. The Bertz CT molecular complexity index is 367. The summed E-state index contributed by atoms with van der Waals surface area (Å²) >= 11 is 0. The van der Waals surface area contributed by atoms with Crippen molar-refractivity contribution in [3.8, 4) is 0 Å². The van der Waals surface area contributed by atoms with Crippen LogP contribution in [0.3, 0.4) is 0 Å². The summed E-state index contributed by atoms with van der Waals surface area (Å²) in [4.78, 5) is 14.5. The van der Waals surface area contributed by atoms with Gasteiger partial charge in [0.15, 0.2) is 9.84 Å². The summed E-state index contributed by atoms with van der Waals surface area (Å²) in [7, 11) is 0.851. The number of rotatable bonds is 6. The first-order valence-electron chi connectivity index (χ1n) is 5.61. The summed E-state index contributed by atoms with van der Waals surface area (Å²) in [6, 6.07) is -0.143. The van der Waals surface area contributed by atoms with Crippen molar-refractivity contribution in [1.82, 2.24) is 9.80 Å². The summed E-state index contributed by atoms with van der Waals surface area (Å²) < 4.78 is 22.8. The summed E-state index contributed by atoms with van der Waals surface area (Å²) in [5.74, 6) is -0.642. The zero-order chi connectivity index (χ0) is 13.1. The topological polar surface area (TPSA) is 77.9 Å². The number of aliphatic carboxylic acids is 1. The fourth-order valence-corrected chi connectivity index (χ4v) is 3.72. The average Bonchev–Trinajstić information content (AvgIpc) is 2.52. The highest BCUT2D eigenvalue weighted by atomic mass is 32.2. The van der Waals surface area contributed by atoms with Crippen LogP contribution < -0.4 is 0 Å². The molecule has 0 saturated carbocycles. The molecule has 0 aliphatic carbocycles. The van der Waals surface area contributed by atoms with Crippen molar-refractivity contribution in [1.29, 1.82) is 0 Å². The van der Waals surface area contributed by atoms with E-state index in [0.29, 0.717) is 13.0 Å². The molecule has 0 aromatic heterocycles. The zero-order valence-electron chi connectivity index (χ0n) is 10.3. The maximum atomic E-state index is 11.4. The summed E-state index contributed by atoms with van der Waals surface area (Å²) in [6.45, 7) is 1.22. The van der Waals surface area contributed by atoms with Crippen LogP contribution in [0.1, 0.15) is 6.42 Å². The molecule has 0 bridgehead atoms. The highest BCUT2D eigenvalue weighted by Crippen LogP contribution is 2.17. The lowest BCUT2D eigenvalue weighted by molar-refractivity contribution is -0.138. The van der Waals surface area contributed by atoms with Crippen molar-refractivity contribution < 1.29 is 18.3 Å². The predicted molar refractivity (Wildman–Crippen MR) is 64.8 cm³/mol. The Labute approximate surface area is 102 Å². The Kier molecular flexibility index (Phi) is 4.91. The molecular formula is C10H20N2O4S. The summed E-state index contributed by atoms with van der Waals surface area (Å²) in [5, 5.41) is 8.83.